The van der Waals surface area contributed by atoms with Crippen molar-refractivity contribution in [3.05, 3.63) is 0 Å². The Morgan fingerprint density at radius 1 is 1.20 bits per heavy atom. The van der Waals surface area contributed by atoms with Crippen LogP contribution in [0.25, 0.3) is 0 Å². The molecule has 6 nitrogen and oxygen atoms in total. The molecule has 2 fully saturated rings. The van der Waals surface area contributed by atoms with Gasteiger partial charge in [0.15, 0.2) is 0 Å². The van der Waals surface area contributed by atoms with Gasteiger partial charge in [-0.1, -0.05) is 6.92 Å². The molecule has 0 saturated carbocycles. The number of carbonyl (C=O) groups is 3. The van der Waals surface area contributed by atoms with Gasteiger partial charge in [-0.2, -0.15) is 0 Å². The lowest BCUT2D eigenvalue weighted by molar-refractivity contribution is -0.151. The van der Waals surface area contributed by atoms with Gasteiger partial charge in [0.1, 0.15) is 5.41 Å². The first kappa shape index (κ1) is 15.0. The van der Waals surface area contributed by atoms with E-state index in [9.17, 15) is 14.4 Å². The van der Waals surface area contributed by atoms with Crippen LogP contribution >= 0.6 is 0 Å². The smallest absolute Gasteiger partial charge is 0.303 e. The van der Waals surface area contributed by atoms with Crippen molar-refractivity contribution < 1.29 is 14.4 Å². The number of nitrogens with one attached hydrogen (secondary N) is 1. The van der Waals surface area contributed by atoms with Crippen LogP contribution in [0.1, 0.15) is 40.0 Å². The molecule has 0 aromatic carbocycles. The zero-order valence-electron chi connectivity index (χ0n) is 12.4. The van der Waals surface area contributed by atoms with E-state index >= 15 is 0 Å². The lowest BCUT2D eigenvalue weighted by Gasteiger charge is -2.42. The molecule has 2 heterocycles. The number of rotatable bonds is 3. The molecule has 2 aliphatic heterocycles. The zero-order chi connectivity index (χ0) is 14.9. The molecular weight excluding hydrogens is 258 g/mol. The summed E-state index contributed by atoms with van der Waals surface area (Å²) in [7, 11) is 0. The Labute approximate surface area is 119 Å². The first-order chi connectivity index (χ1) is 9.37. The summed E-state index contributed by atoms with van der Waals surface area (Å²) >= 11 is 0. The van der Waals surface area contributed by atoms with Gasteiger partial charge in [-0.05, 0) is 39.7 Å². The van der Waals surface area contributed by atoms with Gasteiger partial charge >= 0.3 is 6.03 Å². The van der Waals surface area contributed by atoms with Crippen LogP contribution in [0.5, 0.6) is 0 Å². The number of amides is 4. The third-order valence-corrected chi connectivity index (χ3v) is 4.22. The lowest BCUT2D eigenvalue weighted by atomic mass is 9.87. The van der Waals surface area contributed by atoms with Gasteiger partial charge in [0.05, 0.1) is 0 Å². The van der Waals surface area contributed by atoms with Crippen molar-refractivity contribution in [1.29, 1.82) is 0 Å². The van der Waals surface area contributed by atoms with Crippen LogP contribution in [0.4, 0.5) is 4.79 Å². The largest absolute Gasteiger partial charge is 0.331 e. The molecule has 0 spiro atoms. The number of urea groups is 1. The predicted octanol–water partition coefficient (Wildman–Crippen LogP) is 0.965. The van der Waals surface area contributed by atoms with Crippen molar-refractivity contribution in [2.24, 2.45) is 5.41 Å². The Morgan fingerprint density at radius 2 is 1.80 bits per heavy atom. The van der Waals surface area contributed by atoms with Crippen LogP contribution in [0, 0.1) is 5.41 Å². The maximum atomic E-state index is 12.4. The molecule has 0 unspecified atom stereocenters. The number of nitrogens with zero attached hydrogens (tertiary/aromatic N) is 2. The quantitative estimate of drug-likeness (QED) is 0.782. The van der Waals surface area contributed by atoms with Crippen molar-refractivity contribution in [1.82, 2.24) is 15.1 Å². The number of imide groups is 2. The van der Waals surface area contributed by atoms with Gasteiger partial charge in [0, 0.05) is 19.1 Å². The van der Waals surface area contributed by atoms with Crippen LogP contribution < -0.4 is 5.32 Å². The minimum absolute atomic E-state index is 0.0945. The summed E-state index contributed by atoms with van der Waals surface area (Å²) in [5, 5.41) is 2.30. The number of carbonyl (C=O) groups excluding carboxylic acids is 3. The summed E-state index contributed by atoms with van der Waals surface area (Å²) in [5.41, 5.74) is -1.16. The molecule has 4 amide bonds. The second kappa shape index (κ2) is 5.52. The second-order valence-corrected chi connectivity index (χ2v) is 6.13. The third-order valence-electron chi connectivity index (χ3n) is 4.22. The average Bonchev–Trinajstić information content (AvgIpc) is 2.39. The Kier molecular flexibility index (Phi) is 4.13. The fourth-order valence-corrected chi connectivity index (χ4v) is 2.85. The molecule has 2 aliphatic rings. The van der Waals surface area contributed by atoms with Gasteiger partial charge < -0.3 is 4.90 Å². The van der Waals surface area contributed by atoms with Gasteiger partial charge in [-0.15, -0.1) is 0 Å². The molecular formula is C14H23N3O3. The molecule has 2 rings (SSSR count). The monoisotopic (exact) mass is 281 g/mol. The summed E-state index contributed by atoms with van der Waals surface area (Å²) in [4.78, 5) is 39.7. The number of barbiturate groups is 1. The summed E-state index contributed by atoms with van der Waals surface area (Å²) in [5.74, 6) is -0.882. The van der Waals surface area contributed by atoms with Crippen molar-refractivity contribution in [3.63, 3.8) is 0 Å². The van der Waals surface area contributed by atoms with Crippen molar-refractivity contribution >= 4 is 17.8 Å². The molecule has 0 aliphatic carbocycles. The molecule has 2 saturated heterocycles. The minimum Gasteiger partial charge on any atom is -0.303 e. The Morgan fingerprint density at radius 3 is 2.35 bits per heavy atom. The van der Waals surface area contributed by atoms with E-state index in [0.717, 1.165) is 38.9 Å². The number of hydrogen-bond acceptors (Lipinski definition) is 4. The molecule has 20 heavy (non-hydrogen) atoms. The zero-order valence-corrected chi connectivity index (χ0v) is 12.4. The van der Waals surface area contributed by atoms with E-state index < -0.39 is 17.4 Å². The first-order valence-electron chi connectivity index (χ1n) is 7.29. The summed E-state index contributed by atoms with van der Waals surface area (Å²) in [6.45, 7) is 8.11. The molecule has 0 bridgehead atoms. The maximum absolute atomic E-state index is 12.4. The van der Waals surface area contributed by atoms with Gasteiger partial charge in [0.2, 0.25) is 11.8 Å². The van der Waals surface area contributed by atoms with Gasteiger partial charge in [-0.25, -0.2) is 4.79 Å². The highest BCUT2D eigenvalue weighted by atomic mass is 16.2. The van der Waals surface area contributed by atoms with Crippen molar-refractivity contribution in [2.45, 2.75) is 46.1 Å². The van der Waals surface area contributed by atoms with Crippen LogP contribution in [-0.2, 0) is 9.59 Å². The summed E-state index contributed by atoms with van der Waals surface area (Å²) < 4.78 is 0. The fourth-order valence-electron chi connectivity index (χ4n) is 2.85. The van der Waals surface area contributed by atoms with E-state index in [1.54, 1.807) is 13.8 Å². The number of hydrogen-bond donors (Lipinski definition) is 1. The predicted molar refractivity (Wildman–Crippen MR) is 73.9 cm³/mol. The van der Waals surface area contributed by atoms with Gasteiger partial charge in [-0.3, -0.25) is 19.8 Å². The maximum Gasteiger partial charge on any atom is 0.331 e. The van der Waals surface area contributed by atoms with Crippen LogP contribution in [0.3, 0.4) is 0 Å². The highest BCUT2D eigenvalue weighted by molar-refractivity contribution is 6.18. The fraction of sp³-hybridized carbons (Fsp3) is 0.786. The van der Waals surface area contributed by atoms with E-state index in [4.69, 9.17) is 0 Å². The van der Waals surface area contributed by atoms with Crippen molar-refractivity contribution in [2.75, 3.05) is 19.6 Å². The Bertz CT molecular complexity index is 425. The molecule has 0 aromatic heterocycles. The van der Waals surface area contributed by atoms with Crippen molar-refractivity contribution in [3.8, 4) is 0 Å². The molecule has 112 valence electrons. The summed E-state index contributed by atoms with van der Waals surface area (Å²) in [6.07, 6.45) is 2.67. The standard InChI is InChI=1S/C14H23N3O3/c1-4-7-16-8-5-10(6-9-16)17-12(19)14(2,3)11(18)15-13(17)20/h10H,4-9H2,1-3H3,(H,15,18,20). The van der Waals surface area contributed by atoms with Crippen LogP contribution in [0.2, 0.25) is 0 Å². The normalized spacial score (nSPS) is 24.9. The average molecular weight is 281 g/mol. The molecule has 0 radical (unpaired) electrons. The highest BCUT2D eigenvalue weighted by Crippen LogP contribution is 2.28. The number of likely N-dealkylation sites (tertiary alicyclic amines) is 1. The lowest BCUT2D eigenvalue weighted by Crippen LogP contribution is -2.65. The van der Waals surface area contributed by atoms with E-state index in [1.807, 2.05) is 0 Å². The SMILES string of the molecule is CCCN1CCC(N2C(=O)NC(=O)C(C)(C)C2=O)CC1. The summed E-state index contributed by atoms with van der Waals surface area (Å²) in [6, 6.07) is -0.656. The molecule has 1 N–H and O–H groups in total. The molecule has 6 heteroatoms. The molecule has 0 aromatic rings. The van der Waals surface area contributed by atoms with E-state index in [-0.39, 0.29) is 11.9 Å². The number of piperidine rings is 1. The van der Waals surface area contributed by atoms with E-state index in [2.05, 4.69) is 17.1 Å². The van der Waals surface area contributed by atoms with Crippen LogP contribution in [0.15, 0.2) is 0 Å². The third kappa shape index (κ3) is 2.57. The minimum atomic E-state index is -1.16. The Hall–Kier alpha value is -1.43. The first-order valence-corrected chi connectivity index (χ1v) is 7.29. The highest BCUT2D eigenvalue weighted by Gasteiger charge is 2.49. The van der Waals surface area contributed by atoms with Crippen LogP contribution in [-0.4, -0.2) is 53.3 Å². The molecule has 0 atom stereocenters. The Balaban J connectivity index is 2.07. The van der Waals surface area contributed by atoms with Gasteiger partial charge in [0.25, 0.3) is 0 Å². The van der Waals surface area contributed by atoms with E-state index in [1.165, 1.54) is 4.90 Å². The topological polar surface area (TPSA) is 69.7 Å². The second-order valence-electron chi connectivity index (χ2n) is 6.13. The van der Waals surface area contributed by atoms with E-state index in [0.29, 0.717) is 0 Å².